The van der Waals surface area contributed by atoms with Gasteiger partial charge in [-0.25, -0.2) is 4.79 Å². The summed E-state index contributed by atoms with van der Waals surface area (Å²) in [6.45, 7) is 0.639. The second-order valence-corrected chi connectivity index (χ2v) is 5.74. The quantitative estimate of drug-likeness (QED) is 0.468. The van der Waals surface area contributed by atoms with E-state index >= 15 is 0 Å². The van der Waals surface area contributed by atoms with E-state index in [0.717, 1.165) is 34.3 Å². The summed E-state index contributed by atoms with van der Waals surface area (Å²) >= 11 is 0. The second kappa shape index (κ2) is 5.27. The van der Waals surface area contributed by atoms with Crippen molar-refractivity contribution in [3.8, 4) is 11.6 Å². The summed E-state index contributed by atoms with van der Waals surface area (Å²) in [7, 11) is 1.61. The van der Waals surface area contributed by atoms with Crippen LogP contribution in [0.25, 0.3) is 10.9 Å². The molecule has 0 radical (unpaired) electrons. The number of aromatic hydroxyl groups is 1. The van der Waals surface area contributed by atoms with Crippen LogP contribution in [-0.4, -0.2) is 33.7 Å². The zero-order valence-electron chi connectivity index (χ0n) is 12.9. The number of hydrogen-bond donors (Lipinski definition) is 5. The third-order valence-corrected chi connectivity index (χ3v) is 4.41. The average Bonchev–Trinajstić information content (AvgIpc) is 2.92. The minimum atomic E-state index is -0.737. The fourth-order valence-corrected chi connectivity index (χ4v) is 3.33. The lowest BCUT2D eigenvalue weighted by Gasteiger charge is -2.24. The van der Waals surface area contributed by atoms with Gasteiger partial charge in [0.2, 0.25) is 5.88 Å². The molecule has 0 amide bonds. The van der Waals surface area contributed by atoms with Gasteiger partial charge in [-0.2, -0.15) is 0 Å². The fourth-order valence-electron chi connectivity index (χ4n) is 3.33. The summed E-state index contributed by atoms with van der Waals surface area (Å²) in [6.07, 6.45) is 0.779. The van der Waals surface area contributed by atoms with Gasteiger partial charge >= 0.3 is 5.69 Å². The van der Waals surface area contributed by atoms with Gasteiger partial charge < -0.3 is 20.1 Å². The molecule has 8 heteroatoms. The van der Waals surface area contributed by atoms with Crippen molar-refractivity contribution in [1.82, 2.24) is 20.3 Å². The van der Waals surface area contributed by atoms with Gasteiger partial charge in [0.05, 0.1) is 13.2 Å². The van der Waals surface area contributed by atoms with Crippen molar-refractivity contribution in [2.45, 2.75) is 12.5 Å². The lowest BCUT2D eigenvalue weighted by Crippen LogP contribution is -2.36. The van der Waals surface area contributed by atoms with Crippen LogP contribution in [0.15, 0.2) is 27.8 Å². The summed E-state index contributed by atoms with van der Waals surface area (Å²) in [5.41, 5.74) is 1.54. The zero-order valence-corrected chi connectivity index (χ0v) is 12.9. The zero-order chi connectivity index (χ0) is 16.8. The van der Waals surface area contributed by atoms with Gasteiger partial charge in [-0.05, 0) is 30.2 Å². The molecule has 0 unspecified atom stereocenters. The number of ether oxygens (including phenoxy) is 1. The Morgan fingerprint density at radius 3 is 2.79 bits per heavy atom. The van der Waals surface area contributed by atoms with Gasteiger partial charge in [-0.1, -0.05) is 0 Å². The second-order valence-electron chi connectivity index (χ2n) is 5.74. The first kappa shape index (κ1) is 14.6. The number of benzene rings is 1. The Morgan fingerprint density at radius 1 is 1.21 bits per heavy atom. The van der Waals surface area contributed by atoms with E-state index in [2.05, 4.69) is 20.3 Å². The minimum absolute atomic E-state index is 0.0917. The van der Waals surface area contributed by atoms with Crippen LogP contribution in [0.3, 0.4) is 0 Å². The van der Waals surface area contributed by atoms with E-state index < -0.39 is 23.2 Å². The minimum Gasteiger partial charge on any atom is -0.497 e. The Balaban J connectivity index is 1.94. The standard InChI is InChI=1S/C16H16N4O4/c1-24-7-2-3-10-9(6-7)8-4-5-17-13(12(8)18-10)11-14(21)19-16(23)20-15(11)22/h2-3,6,13,17-18H,4-5H2,1H3,(H3,19,20,21,22,23)/t13-/m0/s1. The van der Waals surface area contributed by atoms with Crippen LogP contribution in [0, 0.1) is 0 Å². The monoisotopic (exact) mass is 328 g/mol. The molecule has 3 heterocycles. The summed E-state index contributed by atoms with van der Waals surface area (Å²) in [5, 5.41) is 14.3. The largest absolute Gasteiger partial charge is 0.497 e. The molecule has 0 aliphatic carbocycles. The number of H-pyrrole nitrogens is 3. The Kier molecular flexibility index (Phi) is 3.20. The van der Waals surface area contributed by atoms with Gasteiger partial charge in [0.25, 0.3) is 5.56 Å². The van der Waals surface area contributed by atoms with Crippen LogP contribution >= 0.6 is 0 Å². The smallest absolute Gasteiger partial charge is 0.328 e. The van der Waals surface area contributed by atoms with E-state index in [1.54, 1.807) is 7.11 Å². The van der Waals surface area contributed by atoms with Gasteiger partial charge in [0.1, 0.15) is 11.3 Å². The van der Waals surface area contributed by atoms with Crippen LogP contribution < -0.4 is 21.3 Å². The normalized spacial score (nSPS) is 17.0. The summed E-state index contributed by atoms with van der Waals surface area (Å²) in [6, 6.07) is 5.19. The van der Waals surface area contributed by atoms with Crippen LogP contribution in [-0.2, 0) is 6.42 Å². The highest BCUT2D eigenvalue weighted by atomic mass is 16.5. The van der Waals surface area contributed by atoms with Crippen LogP contribution in [0.5, 0.6) is 11.6 Å². The number of nitrogens with one attached hydrogen (secondary N) is 4. The molecule has 0 saturated heterocycles. The predicted molar refractivity (Wildman–Crippen MR) is 87.7 cm³/mol. The highest BCUT2D eigenvalue weighted by molar-refractivity contribution is 5.86. The molecule has 5 N–H and O–H groups in total. The lowest BCUT2D eigenvalue weighted by molar-refractivity contribution is 0.415. The first-order valence-corrected chi connectivity index (χ1v) is 7.56. The Labute approximate surface area is 135 Å². The maximum atomic E-state index is 12.2. The maximum Gasteiger partial charge on any atom is 0.328 e. The maximum absolute atomic E-state index is 12.2. The van der Waals surface area contributed by atoms with Crippen LogP contribution in [0.4, 0.5) is 0 Å². The van der Waals surface area contributed by atoms with E-state index in [1.165, 1.54) is 0 Å². The first-order valence-electron chi connectivity index (χ1n) is 7.56. The molecule has 1 aliphatic heterocycles. The number of rotatable bonds is 2. The van der Waals surface area contributed by atoms with Crippen molar-refractivity contribution < 1.29 is 9.84 Å². The average molecular weight is 328 g/mol. The van der Waals surface area contributed by atoms with Crippen LogP contribution in [0.1, 0.15) is 22.9 Å². The summed E-state index contributed by atoms with van der Waals surface area (Å²) in [5.74, 6) is 0.328. The number of aromatic amines is 3. The molecule has 0 spiro atoms. The molecular weight excluding hydrogens is 312 g/mol. The van der Waals surface area contributed by atoms with E-state index in [1.807, 2.05) is 18.2 Å². The molecule has 4 rings (SSSR count). The molecule has 2 aromatic heterocycles. The van der Waals surface area contributed by atoms with Gasteiger partial charge in [-0.3, -0.25) is 14.8 Å². The first-order chi connectivity index (χ1) is 11.6. The molecule has 124 valence electrons. The fraction of sp³-hybridized carbons (Fsp3) is 0.250. The molecule has 0 saturated carbocycles. The molecule has 8 nitrogen and oxygen atoms in total. The molecule has 24 heavy (non-hydrogen) atoms. The van der Waals surface area contributed by atoms with Crippen molar-refractivity contribution in [3.63, 3.8) is 0 Å². The number of methoxy groups -OCH3 is 1. The molecule has 0 fully saturated rings. The van der Waals surface area contributed by atoms with Gasteiger partial charge in [-0.15, -0.1) is 0 Å². The Hall–Kier alpha value is -3.00. The topological polar surface area (TPSA) is 123 Å². The molecule has 3 aromatic rings. The van der Waals surface area contributed by atoms with E-state index in [-0.39, 0.29) is 5.56 Å². The van der Waals surface area contributed by atoms with Crippen molar-refractivity contribution in [2.24, 2.45) is 0 Å². The van der Waals surface area contributed by atoms with E-state index in [0.29, 0.717) is 6.54 Å². The molecule has 1 atom stereocenters. The number of fused-ring (bicyclic) bond motifs is 3. The number of hydrogen-bond acceptors (Lipinski definition) is 5. The van der Waals surface area contributed by atoms with Crippen molar-refractivity contribution >= 4 is 10.9 Å². The molecule has 1 aliphatic rings. The lowest BCUT2D eigenvalue weighted by atomic mass is 9.95. The van der Waals surface area contributed by atoms with E-state index in [4.69, 9.17) is 4.74 Å². The summed E-state index contributed by atoms with van der Waals surface area (Å²) < 4.78 is 5.28. The highest BCUT2D eigenvalue weighted by Gasteiger charge is 2.29. The Bertz CT molecular complexity index is 1050. The molecular formula is C16H16N4O4. The summed E-state index contributed by atoms with van der Waals surface area (Å²) in [4.78, 5) is 31.2. The molecule has 1 aromatic carbocycles. The third kappa shape index (κ3) is 2.11. The van der Waals surface area contributed by atoms with Gasteiger partial charge in [0.15, 0.2) is 0 Å². The third-order valence-electron chi connectivity index (χ3n) is 4.41. The van der Waals surface area contributed by atoms with Gasteiger partial charge in [0, 0.05) is 23.1 Å². The van der Waals surface area contributed by atoms with Crippen molar-refractivity contribution in [1.29, 1.82) is 0 Å². The van der Waals surface area contributed by atoms with Crippen molar-refractivity contribution in [3.05, 3.63) is 55.9 Å². The predicted octanol–water partition coefficient (Wildman–Crippen LogP) is 0.494. The van der Waals surface area contributed by atoms with Crippen molar-refractivity contribution in [2.75, 3.05) is 13.7 Å². The molecule has 0 bridgehead atoms. The number of aromatic nitrogens is 3. The highest BCUT2D eigenvalue weighted by Crippen LogP contribution is 2.35. The van der Waals surface area contributed by atoms with Crippen LogP contribution in [0.2, 0.25) is 0 Å². The SMILES string of the molecule is COc1ccc2[nH]c3c(c2c1)CCN[C@H]3c1c(O)[nH]c(=O)[nH]c1=O. The van der Waals surface area contributed by atoms with E-state index in [9.17, 15) is 14.7 Å². The Morgan fingerprint density at radius 2 is 2.04 bits per heavy atom.